The molecule has 2 aromatic heterocycles. The Hall–Kier alpha value is -1.91. The first-order valence-corrected chi connectivity index (χ1v) is 5.89. The summed E-state index contributed by atoms with van der Waals surface area (Å²) in [4.78, 5) is 12.4. The van der Waals surface area contributed by atoms with E-state index in [4.69, 9.17) is 11.5 Å². The van der Waals surface area contributed by atoms with Gasteiger partial charge in [-0.15, -0.1) is 0 Å². The van der Waals surface area contributed by atoms with Crippen LogP contribution in [0, 0.1) is 0 Å². The normalized spacial score (nSPS) is 10.9. The average Bonchev–Trinajstić information content (AvgIpc) is 2.30. The number of anilines is 2. The van der Waals surface area contributed by atoms with Crippen LogP contribution in [0.5, 0.6) is 0 Å². The van der Waals surface area contributed by atoms with E-state index in [2.05, 4.69) is 21.9 Å². The van der Waals surface area contributed by atoms with Crippen molar-refractivity contribution in [2.24, 2.45) is 0 Å². The predicted octanol–water partition coefficient (Wildman–Crippen LogP) is 1.92. The second-order valence-electron chi connectivity index (χ2n) is 4.09. The number of nitrogens with zero attached hydrogens (tertiary/aromatic N) is 3. The van der Waals surface area contributed by atoms with Gasteiger partial charge in [-0.3, -0.25) is 4.98 Å². The summed E-state index contributed by atoms with van der Waals surface area (Å²) in [5.41, 5.74) is 14.0. The van der Waals surface area contributed by atoms with Gasteiger partial charge in [-0.2, -0.15) is 4.98 Å². The fourth-order valence-electron chi connectivity index (χ4n) is 1.89. The van der Waals surface area contributed by atoms with E-state index in [1.165, 1.54) is 12.8 Å². The molecule has 0 aromatic carbocycles. The van der Waals surface area contributed by atoms with E-state index in [0.29, 0.717) is 11.3 Å². The van der Waals surface area contributed by atoms with Crippen LogP contribution in [0.25, 0.3) is 11.0 Å². The highest BCUT2D eigenvalue weighted by molar-refractivity contribution is 5.87. The number of hydrogen-bond acceptors (Lipinski definition) is 5. The molecule has 5 heteroatoms. The van der Waals surface area contributed by atoms with Crippen LogP contribution in [0.15, 0.2) is 12.3 Å². The molecule has 4 N–H and O–H groups in total. The third-order valence-corrected chi connectivity index (χ3v) is 2.76. The number of hydrogen-bond donors (Lipinski definition) is 2. The summed E-state index contributed by atoms with van der Waals surface area (Å²) in [6.45, 7) is 2.18. The predicted molar refractivity (Wildman–Crippen MR) is 69.4 cm³/mol. The molecule has 0 aliphatic heterocycles. The average molecular weight is 231 g/mol. The lowest BCUT2D eigenvalue weighted by Gasteiger charge is -2.06. The van der Waals surface area contributed by atoms with Crippen LogP contribution in [0.2, 0.25) is 0 Å². The van der Waals surface area contributed by atoms with Crippen molar-refractivity contribution >= 4 is 22.8 Å². The Labute approximate surface area is 100 Å². The molecule has 0 saturated heterocycles. The monoisotopic (exact) mass is 231 g/mol. The zero-order chi connectivity index (χ0) is 12.3. The van der Waals surface area contributed by atoms with E-state index in [-0.39, 0.29) is 5.95 Å². The molecule has 2 heterocycles. The zero-order valence-corrected chi connectivity index (χ0v) is 9.98. The molecule has 0 saturated carbocycles. The van der Waals surface area contributed by atoms with Crippen molar-refractivity contribution in [2.45, 2.75) is 32.6 Å². The Morgan fingerprint density at radius 3 is 2.71 bits per heavy atom. The smallest absolute Gasteiger partial charge is 0.222 e. The van der Waals surface area contributed by atoms with Crippen molar-refractivity contribution in [1.82, 2.24) is 15.0 Å². The van der Waals surface area contributed by atoms with E-state index < -0.39 is 0 Å². The zero-order valence-electron chi connectivity index (χ0n) is 9.98. The molecule has 2 aromatic rings. The van der Waals surface area contributed by atoms with Crippen LogP contribution >= 0.6 is 0 Å². The molecule has 0 amide bonds. The van der Waals surface area contributed by atoms with E-state index in [1.54, 1.807) is 6.20 Å². The number of fused-ring (bicyclic) bond motifs is 1. The first-order chi connectivity index (χ1) is 8.22. The summed E-state index contributed by atoms with van der Waals surface area (Å²) in [6.07, 6.45) is 6.27. The highest BCUT2D eigenvalue weighted by Crippen LogP contribution is 2.21. The second kappa shape index (κ2) is 4.95. The number of aryl methyl sites for hydroxylation is 1. The molecule has 0 bridgehead atoms. The van der Waals surface area contributed by atoms with Gasteiger partial charge in [0.1, 0.15) is 5.52 Å². The maximum Gasteiger partial charge on any atom is 0.222 e. The molecule has 0 atom stereocenters. The lowest BCUT2D eigenvalue weighted by molar-refractivity contribution is 0.718. The molecular formula is C12H17N5. The Kier molecular flexibility index (Phi) is 3.37. The third-order valence-electron chi connectivity index (χ3n) is 2.76. The fourth-order valence-corrected chi connectivity index (χ4v) is 1.89. The van der Waals surface area contributed by atoms with E-state index in [1.807, 2.05) is 6.07 Å². The fraction of sp³-hybridized carbons (Fsp3) is 0.417. The number of nitrogen functional groups attached to an aromatic ring is 2. The lowest BCUT2D eigenvalue weighted by Crippen LogP contribution is -2.03. The van der Waals surface area contributed by atoms with Crippen molar-refractivity contribution in [1.29, 1.82) is 0 Å². The van der Waals surface area contributed by atoms with Gasteiger partial charge in [0.05, 0.1) is 5.52 Å². The molecule has 5 nitrogen and oxygen atoms in total. The standard InChI is InChI=1S/C12H17N5/c1-2-3-4-5-8-6-7-15-10-9(8)16-12(14)17-11(10)13/h6-7H,2-5H2,1H3,(H4,13,14,16,17). The minimum atomic E-state index is 0.208. The van der Waals surface area contributed by atoms with Gasteiger partial charge in [-0.1, -0.05) is 19.8 Å². The maximum absolute atomic E-state index is 5.79. The Bertz CT molecular complexity index is 524. The minimum absolute atomic E-state index is 0.208. The van der Waals surface area contributed by atoms with Crippen molar-refractivity contribution < 1.29 is 0 Å². The Morgan fingerprint density at radius 1 is 1.12 bits per heavy atom. The van der Waals surface area contributed by atoms with Gasteiger partial charge in [0.2, 0.25) is 5.95 Å². The molecule has 0 radical (unpaired) electrons. The van der Waals surface area contributed by atoms with Crippen LogP contribution in [0.3, 0.4) is 0 Å². The highest BCUT2D eigenvalue weighted by atomic mass is 15.0. The topological polar surface area (TPSA) is 90.7 Å². The number of unbranched alkanes of at least 4 members (excludes halogenated alkanes) is 2. The molecule has 0 aliphatic rings. The Balaban J connectivity index is 2.42. The van der Waals surface area contributed by atoms with Gasteiger partial charge in [0, 0.05) is 6.20 Å². The van der Waals surface area contributed by atoms with Crippen molar-refractivity contribution in [3.05, 3.63) is 17.8 Å². The molecular weight excluding hydrogens is 214 g/mol. The van der Waals surface area contributed by atoms with Gasteiger partial charge in [0.25, 0.3) is 0 Å². The molecule has 0 fully saturated rings. The summed E-state index contributed by atoms with van der Waals surface area (Å²) in [5.74, 6) is 0.560. The van der Waals surface area contributed by atoms with E-state index in [9.17, 15) is 0 Å². The first kappa shape index (κ1) is 11.6. The maximum atomic E-state index is 5.79. The van der Waals surface area contributed by atoms with Gasteiger partial charge < -0.3 is 11.5 Å². The van der Waals surface area contributed by atoms with Crippen LogP contribution in [-0.4, -0.2) is 15.0 Å². The van der Waals surface area contributed by atoms with E-state index in [0.717, 1.165) is 23.9 Å². The number of rotatable bonds is 4. The molecule has 0 spiro atoms. The SMILES string of the molecule is CCCCCc1ccnc2c(N)nc(N)nc12. The van der Waals surface area contributed by atoms with Crippen molar-refractivity contribution in [2.75, 3.05) is 11.5 Å². The van der Waals surface area contributed by atoms with Crippen LogP contribution in [0.1, 0.15) is 31.7 Å². The van der Waals surface area contributed by atoms with Crippen LogP contribution < -0.4 is 11.5 Å². The van der Waals surface area contributed by atoms with Crippen LogP contribution in [0.4, 0.5) is 11.8 Å². The molecule has 90 valence electrons. The highest BCUT2D eigenvalue weighted by Gasteiger charge is 2.08. The third kappa shape index (κ3) is 2.43. The molecule has 2 rings (SSSR count). The lowest BCUT2D eigenvalue weighted by atomic mass is 10.1. The second-order valence-corrected chi connectivity index (χ2v) is 4.09. The van der Waals surface area contributed by atoms with Gasteiger partial charge in [-0.05, 0) is 24.5 Å². The van der Waals surface area contributed by atoms with Gasteiger partial charge in [-0.25, -0.2) is 4.98 Å². The number of nitrogens with two attached hydrogens (primary N) is 2. The van der Waals surface area contributed by atoms with Crippen molar-refractivity contribution in [3.63, 3.8) is 0 Å². The van der Waals surface area contributed by atoms with Crippen LogP contribution in [-0.2, 0) is 6.42 Å². The number of aromatic nitrogens is 3. The summed E-state index contributed by atoms with van der Waals surface area (Å²) in [5, 5.41) is 0. The minimum Gasteiger partial charge on any atom is -0.382 e. The van der Waals surface area contributed by atoms with Gasteiger partial charge in [0.15, 0.2) is 5.82 Å². The van der Waals surface area contributed by atoms with E-state index >= 15 is 0 Å². The molecule has 17 heavy (non-hydrogen) atoms. The van der Waals surface area contributed by atoms with Crippen molar-refractivity contribution in [3.8, 4) is 0 Å². The quantitative estimate of drug-likeness (QED) is 0.784. The summed E-state index contributed by atoms with van der Waals surface area (Å²) < 4.78 is 0. The summed E-state index contributed by atoms with van der Waals surface area (Å²) in [7, 11) is 0. The Morgan fingerprint density at radius 2 is 1.94 bits per heavy atom. The van der Waals surface area contributed by atoms with Gasteiger partial charge >= 0.3 is 0 Å². The largest absolute Gasteiger partial charge is 0.382 e. The summed E-state index contributed by atoms with van der Waals surface area (Å²) >= 11 is 0. The number of pyridine rings is 1. The molecule has 0 unspecified atom stereocenters. The molecule has 0 aliphatic carbocycles. The first-order valence-electron chi connectivity index (χ1n) is 5.89. The summed E-state index contributed by atoms with van der Waals surface area (Å²) in [6, 6.07) is 1.98.